The van der Waals surface area contributed by atoms with Gasteiger partial charge in [0.05, 0.1) is 7.11 Å². The number of hydrogen-bond donors (Lipinski definition) is 2. The van der Waals surface area contributed by atoms with Crippen LogP contribution in [0.3, 0.4) is 0 Å². The van der Waals surface area contributed by atoms with Gasteiger partial charge in [-0.3, -0.25) is 0 Å². The monoisotopic (exact) mass is 323 g/mol. The maximum atomic E-state index is 10.0. The van der Waals surface area contributed by atoms with Crippen LogP contribution in [0.5, 0.6) is 11.5 Å². The second kappa shape index (κ2) is 5.94. The largest absolute Gasteiger partial charge is 0.504 e. The normalized spacial score (nSPS) is 12.8. The average molecular weight is 325 g/mol. The highest BCUT2D eigenvalue weighted by molar-refractivity contribution is 9.10. The highest BCUT2D eigenvalue weighted by Crippen LogP contribution is 2.41. The van der Waals surface area contributed by atoms with E-state index in [1.807, 2.05) is 26.8 Å². The Morgan fingerprint density at radius 3 is 2.29 bits per heavy atom. The predicted molar refractivity (Wildman–Crippen MR) is 76.0 cm³/mol. The average Bonchev–Trinajstić information content (AvgIpc) is 2.18. The molecule has 1 aromatic rings. The maximum absolute atomic E-state index is 10.0. The minimum Gasteiger partial charge on any atom is -0.504 e. The number of rotatable bonds is 2. The number of methoxy groups -OCH3 is 1. The molecule has 3 N–H and O–H groups in total. The van der Waals surface area contributed by atoms with E-state index >= 15 is 0 Å². The maximum Gasteiger partial charge on any atom is 0.162 e. The molecule has 5 heteroatoms. The first kappa shape index (κ1) is 16.6. The number of hydrogen-bond acceptors (Lipinski definition) is 3. The van der Waals surface area contributed by atoms with Crippen molar-refractivity contribution < 1.29 is 9.84 Å². The molecule has 0 saturated carbocycles. The van der Waals surface area contributed by atoms with Crippen LogP contribution in [-0.2, 0) is 0 Å². The number of phenolic OH excluding ortho intramolecular Hbond substituents is 1. The summed E-state index contributed by atoms with van der Waals surface area (Å²) >= 11 is 3.38. The summed E-state index contributed by atoms with van der Waals surface area (Å²) in [6.45, 7) is 6.10. The molecule has 1 atom stereocenters. The smallest absolute Gasteiger partial charge is 0.162 e. The van der Waals surface area contributed by atoms with Crippen molar-refractivity contribution in [2.45, 2.75) is 26.8 Å². The van der Waals surface area contributed by atoms with Crippen LogP contribution in [0.4, 0.5) is 0 Å². The molecule has 0 saturated heterocycles. The van der Waals surface area contributed by atoms with Gasteiger partial charge in [-0.1, -0.05) is 36.7 Å². The third-order valence-electron chi connectivity index (χ3n) is 2.56. The summed E-state index contributed by atoms with van der Waals surface area (Å²) in [6, 6.07) is 3.29. The van der Waals surface area contributed by atoms with Crippen molar-refractivity contribution in [3.63, 3.8) is 0 Å². The van der Waals surface area contributed by atoms with Crippen LogP contribution in [-0.4, -0.2) is 12.2 Å². The van der Waals surface area contributed by atoms with Crippen LogP contribution < -0.4 is 10.5 Å². The number of aromatic hydroxyl groups is 1. The van der Waals surface area contributed by atoms with E-state index in [2.05, 4.69) is 15.9 Å². The molecule has 1 rings (SSSR count). The van der Waals surface area contributed by atoms with Gasteiger partial charge in [0.15, 0.2) is 11.5 Å². The lowest BCUT2D eigenvalue weighted by molar-refractivity contribution is 0.310. The lowest BCUT2D eigenvalue weighted by Gasteiger charge is -2.28. The number of ether oxygens (including phenoxy) is 1. The summed E-state index contributed by atoms with van der Waals surface area (Å²) in [4.78, 5) is 0. The topological polar surface area (TPSA) is 55.5 Å². The van der Waals surface area contributed by atoms with Gasteiger partial charge in [0, 0.05) is 16.1 Å². The molecule has 0 bridgehead atoms. The first-order chi connectivity index (χ1) is 7.27. The second-order valence-electron chi connectivity index (χ2n) is 4.89. The van der Waals surface area contributed by atoms with Crippen molar-refractivity contribution in [1.29, 1.82) is 0 Å². The van der Waals surface area contributed by atoms with Gasteiger partial charge in [0.1, 0.15) is 0 Å². The molecule has 0 unspecified atom stereocenters. The lowest BCUT2D eigenvalue weighted by Crippen LogP contribution is -2.26. The molecule has 98 valence electrons. The number of benzene rings is 1. The zero-order valence-corrected chi connectivity index (χ0v) is 12.9. The zero-order valence-electron chi connectivity index (χ0n) is 10.5. The summed E-state index contributed by atoms with van der Waals surface area (Å²) in [5.41, 5.74) is 6.70. The van der Waals surface area contributed by atoms with E-state index < -0.39 is 0 Å². The molecule has 0 fully saturated rings. The van der Waals surface area contributed by atoms with Gasteiger partial charge in [-0.05, 0) is 17.5 Å². The minimum absolute atomic E-state index is 0. The highest BCUT2D eigenvalue weighted by Gasteiger charge is 2.26. The Morgan fingerprint density at radius 2 is 1.88 bits per heavy atom. The van der Waals surface area contributed by atoms with Crippen molar-refractivity contribution >= 4 is 28.3 Å². The molecule has 0 aliphatic rings. The Morgan fingerprint density at radius 1 is 1.35 bits per heavy atom. The molecule has 0 spiro atoms. The number of nitrogens with two attached hydrogens (primary N) is 1. The standard InChI is InChI=1S/C12H18BrNO2.ClH/c1-12(2,3)11(14)8-5-7(13)6-9(16-4)10(8)15;/h5-6,11,15H,14H2,1-4H3;1H/t11-;/m0./s1. The van der Waals surface area contributed by atoms with Crippen molar-refractivity contribution in [2.75, 3.05) is 7.11 Å². The molecular formula is C12H19BrClNO2. The predicted octanol–water partition coefficient (Wildman–Crippen LogP) is 3.63. The van der Waals surface area contributed by atoms with Gasteiger partial charge in [-0.25, -0.2) is 0 Å². The van der Waals surface area contributed by atoms with Gasteiger partial charge >= 0.3 is 0 Å². The van der Waals surface area contributed by atoms with E-state index in [0.29, 0.717) is 11.3 Å². The molecule has 17 heavy (non-hydrogen) atoms. The summed E-state index contributed by atoms with van der Waals surface area (Å²) in [6.07, 6.45) is 0. The van der Waals surface area contributed by atoms with Gasteiger partial charge in [0.2, 0.25) is 0 Å². The molecule has 0 radical (unpaired) electrons. The first-order valence-corrected chi connectivity index (χ1v) is 5.88. The Labute approximate surface area is 117 Å². The van der Waals surface area contributed by atoms with E-state index in [0.717, 1.165) is 4.47 Å². The van der Waals surface area contributed by atoms with E-state index in [4.69, 9.17) is 10.5 Å². The molecule has 1 aromatic carbocycles. The summed E-state index contributed by atoms with van der Waals surface area (Å²) in [5.74, 6) is 0.553. The van der Waals surface area contributed by atoms with Gasteiger partial charge in [0.25, 0.3) is 0 Å². The molecule has 0 amide bonds. The Kier molecular flexibility index (Phi) is 5.78. The molecule has 0 aliphatic carbocycles. The Balaban J connectivity index is 0.00000256. The molecular weight excluding hydrogens is 305 g/mol. The molecule has 0 heterocycles. The molecule has 3 nitrogen and oxygen atoms in total. The Hall–Kier alpha value is -0.450. The molecule has 0 aliphatic heterocycles. The highest BCUT2D eigenvalue weighted by atomic mass is 79.9. The fraction of sp³-hybridized carbons (Fsp3) is 0.500. The fourth-order valence-corrected chi connectivity index (χ4v) is 1.91. The lowest BCUT2D eigenvalue weighted by atomic mass is 9.82. The SMILES string of the molecule is COc1cc(Br)cc([C@H](N)C(C)(C)C)c1O.Cl. The van der Waals surface area contributed by atoms with Crippen molar-refractivity contribution in [1.82, 2.24) is 0 Å². The van der Waals surface area contributed by atoms with Crippen LogP contribution in [0.1, 0.15) is 32.4 Å². The quantitative estimate of drug-likeness (QED) is 0.873. The third kappa shape index (κ3) is 3.76. The minimum atomic E-state index is -0.251. The Bertz CT molecular complexity index is 391. The van der Waals surface area contributed by atoms with Crippen LogP contribution >= 0.6 is 28.3 Å². The van der Waals surface area contributed by atoms with Gasteiger partial charge in [-0.15, -0.1) is 12.4 Å². The zero-order chi connectivity index (χ0) is 12.5. The van der Waals surface area contributed by atoms with E-state index in [9.17, 15) is 5.11 Å². The fourth-order valence-electron chi connectivity index (χ4n) is 1.45. The summed E-state index contributed by atoms with van der Waals surface area (Å²) in [7, 11) is 1.52. The van der Waals surface area contributed by atoms with E-state index in [-0.39, 0.29) is 29.6 Å². The van der Waals surface area contributed by atoms with E-state index in [1.54, 1.807) is 6.07 Å². The van der Waals surface area contributed by atoms with Crippen molar-refractivity contribution in [3.8, 4) is 11.5 Å². The van der Waals surface area contributed by atoms with Gasteiger partial charge in [-0.2, -0.15) is 0 Å². The van der Waals surface area contributed by atoms with Gasteiger partial charge < -0.3 is 15.6 Å². The first-order valence-electron chi connectivity index (χ1n) is 5.09. The molecule has 0 aromatic heterocycles. The second-order valence-corrected chi connectivity index (χ2v) is 5.81. The van der Waals surface area contributed by atoms with Crippen molar-refractivity contribution in [2.24, 2.45) is 11.1 Å². The number of halogens is 2. The van der Waals surface area contributed by atoms with E-state index in [1.165, 1.54) is 7.11 Å². The summed E-state index contributed by atoms with van der Waals surface area (Å²) < 4.78 is 5.94. The number of phenols is 1. The van der Waals surface area contributed by atoms with Crippen LogP contribution in [0, 0.1) is 5.41 Å². The third-order valence-corrected chi connectivity index (χ3v) is 3.02. The van der Waals surface area contributed by atoms with Crippen LogP contribution in [0.2, 0.25) is 0 Å². The summed E-state index contributed by atoms with van der Waals surface area (Å²) in [5, 5.41) is 10.0. The van der Waals surface area contributed by atoms with Crippen molar-refractivity contribution in [3.05, 3.63) is 22.2 Å². The van der Waals surface area contributed by atoms with Crippen LogP contribution in [0.15, 0.2) is 16.6 Å². The van der Waals surface area contributed by atoms with Crippen LogP contribution in [0.25, 0.3) is 0 Å².